The zero-order chi connectivity index (χ0) is 10.3. The molecule has 0 aromatic carbocycles. The highest BCUT2D eigenvalue weighted by Gasteiger charge is 2.52. The van der Waals surface area contributed by atoms with Crippen molar-refractivity contribution in [2.75, 3.05) is 0 Å². The van der Waals surface area contributed by atoms with Crippen molar-refractivity contribution in [3.8, 4) is 0 Å². The summed E-state index contributed by atoms with van der Waals surface area (Å²) in [6.07, 6.45) is 4.99. The average molecular weight is 196 g/mol. The van der Waals surface area contributed by atoms with Crippen molar-refractivity contribution in [2.24, 2.45) is 17.3 Å². The van der Waals surface area contributed by atoms with Gasteiger partial charge in [-0.25, -0.2) is 0 Å². The number of fused-ring (bicyclic) bond motifs is 2. The van der Waals surface area contributed by atoms with Crippen LogP contribution in [0.15, 0.2) is 12.2 Å². The lowest BCUT2D eigenvalue weighted by atomic mass is 9.75. The molecule has 0 amide bonds. The molecule has 2 N–H and O–H groups in total. The summed E-state index contributed by atoms with van der Waals surface area (Å²) >= 11 is 0. The molecule has 4 nitrogen and oxygen atoms in total. The summed E-state index contributed by atoms with van der Waals surface area (Å²) in [4.78, 5) is 21.6. The Morgan fingerprint density at radius 2 is 2.14 bits per heavy atom. The number of rotatable bonds is 3. The molecule has 0 saturated heterocycles. The van der Waals surface area contributed by atoms with Crippen LogP contribution >= 0.6 is 0 Å². The summed E-state index contributed by atoms with van der Waals surface area (Å²) in [6, 6.07) is 0. The number of allylic oxidation sites excluding steroid dienone is 2. The van der Waals surface area contributed by atoms with Crippen molar-refractivity contribution in [1.82, 2.24) is 0 Å². The Balaban J connectivity index is 2.26. The van der Waals surface area contributed by atoms with Crippen LogP contribution in [0.4, 0.5) is 0 Å². The zero-order valence-corrected chi connectivity index (χ0v) is 7.64. The first kappa shape index (κ1) is 9.24. The van der Waals surface area contributed by atoms with Gasteiger partial charge in [-0.1, -0.05) is 12.2 Å². The summed E-state index contributed by atoms with van der Waals surface area (Å²) < 4.78 is 0. The fourth-order valence-electron chi connectivity index (χ4n) is 2.79. The van der Waals surface area contributed by atoms with Crippen molar-refractivity contribution in [2.45, 2.75) is 19.3 Å². The Morgan fingerprint density at radius 3 is 2.64 bits per heavy atom. The third-order valence-corrected chi connectivity index (χ3v) is 3.35. The SMILES string of the molecule is O=C(O)C[C@@]12C=C[C@H](C[C@H]1C(=O)O)C2. The lowest BCUT2D eigenvalue weighted by molar-refractivity contribution is -0.146. The van der Waals surface area contributed by atoms with Gasteiger partial charge in [0.2, 0.25) is 0 Å². The molecular formula is C10H12O4. The largest absolute Gasteiger partial charge is 0.481 e. The minimum atomic E-state index is -0.913. The normalized spacial score (nSPS) is 38.9. The van der Waals surface area contributed by atoms with Crippen molar-refractivity contribution in [3.05, 3.63) is 12.2 Å². The van der Waals surface area contributed by atoms with Crippen LogP contribution in [0, 0.1) is 17.3 Å². The number of carboxylic acid groups (broad SMARTS) is 2. The second-order valence-corrected chi connectivity index (χ2v) is 4.25. The molecule has 76 valence electrons. The van der Waals surface area contributed by atoms with E-state index in [0.29, 0.717) is 12.8 Å². The van der Waals surface area contributed by atoms with E-state index in [1.807, 2.05) is 6.08 Å². The molecule has 2 aliphatic rings. The van der Waals surface area contributed by atoms with E-state index in [-0.39, 0.29) is 12.3 Å². The lowest BCUT2D eigenvalue weighted by Gasteiger charge is -2.27. The standard InChI is InChI=1S/C10H12O4/c11-8(12)5-10-2-1-6(4-10)3-7(10)9(13)14/h1-2,6-7H,3-5H2,(H,11,12)(H,13,14)/t6-,7+,10+/m1/s1. The minimum absolute atomic E-state index is 0.0586. The van der Waals surface area contributed by atoms with Gasteiger partial charge in [-0.15, -0.1) is 0 Å². The summed E-state index contributed by atoms with van der Waals surface area (Å²) in [5.41, 5.74) is -0.609. The average Bonchev–Trinajstić information content (AvgIpc) is 2.58. The van der Waals surface area contributed by atoms with Crippen LogP contribution in [0.5, 0.6) is 0 Å². The molecule has 1 saturated carbocycles. The molecule has 0 radical (unpaired) electrons. The Kier molecular flexibility index (Phi) is 1.87. The quantitative estimate of drug-likeness (QED) is 0.663. The highest BCUT2D eigenvalue weighted by atomic mass is 16.4. The van der Waals surface area contributed by atoms with Crippen LogP contribution in [0.2, 0.25) is 0 Å². The third-order valence-electron chi connectivity index (χ3n) is 3.35. The smallest absolute Gasteiger partial charge is 0.307 e. The second-order valence-electron chi connectivity index (χ2n) is 4.25. The number of carboxylic acids is 2. The molecule has 2 rings (SSSR count). The molecular weight excluding hydrogens is 184 g/mol. The van der Waals surface area contributed by atoms with E-state index in [0.717, 1.165) is 0 Å². The predicted molar refractivity (Wildman–Crippen MR) is 47.7 cm³/mol. The Bertz CT molecular complexity index is 320. The van der Waals surface area contributed by atoms with Gasteiger partial charge in [0.25, 0.3) is 0 Å². The van der Waals surface area contributed by atoms with Crippen LogP contribution in [-0.2, 0) is 9.59 Å². The Labute approximate surface area is 81.2 Å². The van der Waals surface area contributed by atoms with Gasteiger partial charge in [0.05, 0.1) is 12.3 Å². The summed E-state index contributed by atoms with van der Waals surface area (Å²) in [6.45, 7) is 0. The first-order valence-electron chi connectivity index (χ1n) is 4.67. The van der Waals surface area contributed by atoms with E-state index in [4.69, 9.17) is 10.2 Å². The van der Waals surface area contributed by atoms with Gasteiger partial charge in [-0.05, 0) is 18.8 Å². The third kappa shape index (κ3) is 1.22. The predicted octanol–water partition coefficient (Wildman–Crippen LogP) is 1.13. The minimum Gasteiger partial charge on any atom is -0.481 e. The van der Waals surface area contributed by atoms with E-state index >= 15 is 0 Å². The molecule has 2 bridgehead atoms. The summed E-state index contributed by atoms with van der Waals surface area (Å²) in [5.74, 6) is -2.01. The number of hydrogen-bond acceptors (Lipinski definition) is 2. The highest BCUT2D eigenvalue weighted by molar-refractivity contribution is 5.76. The van der Waals surface area contributed by atoms with Crippen molar-refractivity contribution < 1.29 is 19.8 Å². The van der Waals surface area contributed by atoms with Crippen LogP contribution in [0.1, 0.15) is 19.3 Å². The maximum atomic E-state index is 11.0. The van der Waals surface area contributed by atoms with Crippen LogP contribution in [0.3, 0.4) is 0 Å². The van der Waals surface area contributed by atoms with E-state index in [1.54, 1.807) is 6.08 Å². The maximum absolute atomic E-state index is 11.0. The Hall–Kier alpha value is -1.32. The fraction of sp³-hybridized carbons (Fsp3) is 0.600. The molecule has 2 aliphatic carbocycles. The monoisotopic (exact) mass is 196 g/mol. The van der Waals surface area contributed by atoms with Gasteiger partial charge in [0.1, 0.15) is 0 Å². The van der Waals surface area contributed by atoms with Gasteiger partial charge in [0, 0.05) is 5.41 Å². The van der Waals surface area contributed by atoms with Crippen LogP contribution in [-0.4, -0.2) is 22.2 Å². The molecule has 0 spiro atoms. The van der Waals surface area contributed by atoms with Gasteiger partial charge >= 0.3 is 11.9 Å². The number of carbonyl (C=O) groups is 2. The first-order valence-corrected chi connectivity index (χ1v) is 4.67. The molecule has 0 heterocycles. The molecule has 14 heavy (non-hydrogen) atoms. The van der Waals surface area contributed by atoms with Crippen molar-refractivity contribution in [3.63, 3.8) is 0 Å². The Morgan fingerprint density at radius 1 is 1.43 bits per heavy atom. The van der Waals surface area contributed by atoms with Gasteiger partial charge in [0.15, 0.2) is 0 Å². The molecule has 0 aromatic heterocycles. The molecule has 0 aromatic rings. The molecule has 0 unspecified atom stereocenters. The van der Waals surface area contributed by atoms with Gasteiger partial charge < -0.3 is 10.2 Å². The summed E-state index contributed by atoms with van der Waals surface area (Å²) in [5, 5.41) is 17.7. The maximum Gasteiger partial charge on any atom is 0.307 e. The van der Waals surface area contributed by atoms with E-state index in [1.165, 1.54) is 0 Å². The fourth-order valence-corrected chi connectivity index (χ4v) is 2.79. The summed E-state index contributed by atoms with van der Waals surface area (Å²) in [7, 11) is 0. The van der Waals surface area contributed by atoms with E-state index in [2.05, 4.69) is 0 Å². The lowest BCUT2D eigenvalue weighted by Crippen LogP contribution is -2.31. The molecule has 0 aliphatic heterocycles. The number of hydrogen-bond donors (Lipinski definition) is 2. The van der Waals surface area contributed by atoms with E-state index in [9.17, 15) is 9.59 Å². The molecule has 4 heteroatoms. The van der Waals surface area contributed by atoms with Gasteiger partial charge in [-0.2, -0.15) is 0 Å². The zero-order valence-electron chi connectivity index (χ0n) is 7.64. The number of aliphatic carboxylic acids is 2. The van der Waals surface area contributed by atoms with Crippen LogP contribution < -0.4 is 0 Å². The second kappa shape index (κ2) is 2.83. The molecule has 3 atom stereocenters. The topological polar surface area (TPSA) is 74.6 Å². The van der Waals surface area contributed by atoms with Crippen LogP contribution in [0.25, 0.3) is 0 Å². The van der Waals surface area contributed by atoms with Crippen molar-refractivity contribution in [1.29, 1.82) is 0 Å². The highest BCUT2D eigenvalue weighted by Crippen LogP contribution is 2.55. The molecule has 1 fully saturated rings. The van der Waals surface area contributed by atoms with E-state index < -0.39 is 23.3 Å². The van der Waals surface area contributed by atoms with Crippen molar-refractivity contribution >= 4 is 11.9 Å². The van der Waals surface area contributed by atoms with Gasteiger partial charge in [-0.3, -0.25) is 9.59 Å². The first-order chi connectivity index (χ1) is 6.53.